The van der Waals surface area contributed by atoms with Gasteiger partial charge in [-0.3, -0.25) is 4.79 Å². The summed E-state index contributed by atoms with van der Waals surface area (Å²) >= 11 is 5.94. The number of para-hydroxylation sites is 1. The molecule has 4 nitrogen and oxygen atoms in total. The SMILES string of the molecule is CC(C)C(C#N)NC(=O)c1cc(Cl)nc2ccccc12. The van der Waals surface area contributed by atoms with Gasteiger partial charge in [-0.15, -0.1) is 0 Å². The van der Waals surface area contributed by atoms with Gasteiger partial charge >= 0.3 is 0 Å². The highest BCUT2D eigenvalue weighted by Crippen LogP contribution is 2.21. The lowest BCUT2D eigenvalue weighted by Gasteiger charge is -2.15. The molecule has 0 bridgehead atoms. The molecule has 20 heavy (non-hydrogen) atoms. The second-order valence-electron chi connectivity index (χ2n) is 4.83. The molecule has 1 atom stereocenters. The molecule has 2 aromatic rings. The zero-order valence-corrected chi connectivity index (χ0v) is 12.0. The standard InChI is InChI=1S/C15H14ClN3O/c1-9(2)13(8-17)19-15(20)11-7-14(16)18-12-6-4-3-5-10(11)12/h3-7,9,13H,1-2H3,(H,19,20). The smallest absolute Gasteiger partial charge is 0.253 e. The average molecular weight is 288 g/mol. The first kappa shape index (κ1) is 14.3. The summed E-state index contributed by atoms with van der Waals surface area (Å²) in [5, 5.41) is 12.7. The minimum Gasteiger partial charge on any atom is -0.336 e. The molecule has 1 N–H and O–H groups in total. The third-order valence-corrected chi connectivity index (χ3v) is 3.22. The van der Waals surface area contributed by atoms with Gasteiger partial charge in [0.1, 0.15) is 11.2 Å². The molecule has 1 aromatic heterocycles. The summed E-state index contributed by atoms with van der Waals surface area (Å²) in [4.78, 5) is 16.5. The quantitative estimate of drug-likeness (QED) is 0.882. The Morgan fingerprint density at radius 1 is 1.40 bits per heavy atom. The molecule has 102 valence electrons. The third-order valence-electron chi connectivity index (χ3n) is 3.02. The summed E-state index contributed by atoms with van der Waals surface area (Å²) in [6.07, 6.45) is 0. The Morgan fingerprint density at radius 3 is 2.75 bits per heavy atom. The molecule has 2 rings (SSSR count). The highest BCUT2D eigenvalue weighted by molar-refractivity contribution is 6.30. The number of carbonyl (C=O) groups is 1. The summed E-state index contributed by atoms with van der Waals surface area (Å²) in [7, 11) is 0. The summed E-state index contributed by atoms with van der Waals surface area (Å²) in [5.74, 6) is -0.279. The van der Waals surface area contributed by atoms with Crippen molar-refractivity contribution in [2.24, 2.45) is 5.92 Å². The Bertz CT molecular complexity index is 691. The van der Waals surface area contributed by atoms with Crippen molar-refractivity contribution in [3.63, 3.8) is 0 Å². The Kier molecular flexibility index (Phi) is 4.21. The molecule has 1 heterocycles. The van der Waals surface area contributed by atoms with Gasteiger partial charge in [-0.1, -0.05) is 43.6 Å². The molecule has 0 saturated heterocycles. The fourth-order valence-corrected chi connectivity index (χ4v) is 2.10. The van der Waals surface area contributed by atoms with Gasteiger partial charge < -0.3 is 5.32 Å². The van der Waals surface area contributed by atoms with E-state index in [0.717, 1.165) is 5.39 Å². The van der Waals surface area contributed by atoms with Crippen LogP contribution < -0.4 is 5.32 Å². The van der Waals surface area contributed by atoms with Gasteiger partial charge in [-0.05, 0) is 18.1 Å². The van der Waals surface area contributed by atoms with Gasteiger partial charge in [0, 0.05) is 5.39 Å². The zero-order chi connectivity index (χ0) is 14.7. The summed E-state index contributed by atoms with van der Waals surface area (Å²) < 4.78 is 0. The fourth-order valence-electron chi connectivity index (χ4n) is 1.90. The number of hydrogen-bond donors (Lipinski definition) is 1. The second-order valence-corrected chi connectivity index (χ2v) is 5.22. The van der Waals surface area contributed by atoms with Gasteiger partial charge in [-0.25, -0.2) is 4.98 Å². The minimum atomic E-state index is -0.534. The van der Waals surface area contributed by atoms with Gasteiger partial charge in [0.05, 0.1) is 17.1 Å². The highest BCUT2D eigenvalue weighted by Gasteiger charge is 2.18. The molecule has 5 heteroatoms. The van der Waals surface area contributed by atoms with E-state index in [-0.39, 0.29) is 17.0 Å². The predicted octanol–water partition coefficient (Wildman–Crippen LogP) is 3.17. The van der Waals surface area contributed by atoms with Crippen molar-refractivity contribution in [2.45, 2.75) is 19.9 Å². The van der Waals surface area contributed by atoms with Gasteiger partial charge in [0.2, 0.25) is 0 Å². The Morgan fingerprint density at radius 2 is 2.10 bits per heavy atom. The highest BCUT2D eigenvalue weighted by atomic mass is 35.5. The Balaban J connectivity index is 2.42. The predicted molar refractivity (Wildman–Crippen MR) is 78.5 cm³/mol. The Hall–Kier alpha value is -2.12. The van der Waals surface area contributed by atoms with E-state index in [1.54, 1.807) is 6.07 Å². The summed E-state index contributed by atoms with van der Waals surface area (Å²) in [6.45, 7) is 3.76. The number of rotatable bonds is 3. The van der Waals surface area contributed by atoms with Gasteiger partial charge in [0.15, 0.2) is 0 Å². The van der Waals surface area contributed by atoms with Gasteiger partial charge in [0.25, 0.3) is 5.91 Å². The number of halogens is 1. The van der Waals surface area contributed by atoms with Gasteiger partial charge in [-0.2, -0.15) is 5.26 Å². The number of fused-ring (bicyclic) bond motifs is 1. The molecular formula is C15H14ClN3O. The number of hydrogen-bond acceptors (Lipinski definition) is 3. The lowest BCUT2D eigenvalue weighted by Crippen LogP contribution is -2.37. The fraction of sp³-hybridized carbons (Fsp3) is 0.267. The Labute approximate surface area is 122 Å². The van der Waals surface area contributed by atoms with E-state index in [1.807, 2.05) is 32.0 Å². The molecule has 0 spiro atoms. The van der Waals surface area contributed by atoms with Crippen molar-refractivity contribution in [1.29, 1.82) is 5.26 Å². The average Bonchev–Trinajstić information content (AvgIpc) is 2.43. The maximum absolute atomic E-state index is 12.3. The van der Waals surface area contributed by atoms with E-state index in [9.17, 15) is 4.79 Å². The minimum absolute atomic E-state index is 0.0347. The van der Waals surface area contributed by atoms with Crippen LogP contribution in [0.25, 0.3) is 10.9 Å². The van der Waals surface area contributed by atoms with Crippen LogP contribution in [0.3, 0.4) is 0 Å². The molecular weight excluding hydrogens is 274 g/mol. The van der Waals surface area contributed by atoms with Crippen molar-refractivity contribution in [3.05, 3.63) is 41.0 Å². The van der Waals surface area contributed by atoms with E-state index in [0.29, 0.717) is 11.1 Å². The molecule has 1 unspecified atom stereocenters. The molecule has 0 aliphatic carbocycles. The van der Waals surface area contributed by atoms with Crippen molar-refractivity contribution in [2.75, 3.05) is 0 Å². The monoisotopic (exact) mass is 287 g/mol. The molecule has 0 saturated carbocycles. The van der Waals surface area contributed by atoms with Crippen LogP contribution in [0, 0.1) is 17.2 Å². The molecule has 1 aromatic carbocycles. The lowest BCUT2D eigenvalue weighted by atomic mass is 10.0. The lowest BCUT2D eigenvalue weighted by molar-refractivity contribution is 0.0939. The first-order chi connectivity index (χ1) is 9.52. The zero-order valence-electron chi connectivity index (χ0n) is 11.2. The number of nitrogens with one attached hydrogen (secondary N) is 1. The summed E-state index contributed by atoms with van der Waals surface area (Å²) in [6, 6.07) is 10.3. The van der Waals surface area contributed by atoms with E-state index >= 15 is 0 Å². The number of aromatic nitrogens is 1. The molecule has 0 aliphatic rings. The van der Waals surface area contributed by atoms with Crippen molar-refractivity contribution in [3.8, 4) is 6.07 Å². The number of nitrogens with zero attached hydrogens (tertiary/aromatic N) is 2. The maximum atomic E-state index is 12.3. The third kappa shape index (κ3) is 2.89. The topological polar surface area (TPSA) is 65.8 Å². The van der Waals surface area contributed by atoms with Crippen LogP contribution in [0.2, 0.25) is 5.15 Å². The van der Waals surface area contributed by atoms with E-state index < -0.39 is 6.04 Å². The number of nitriles is 1. The van der Waals surface area contributed by atoms with Crippen molar-refractivity contribution < 1.29 is 4.79 Å². The van der Waals surface area contributed by atoms with Crippen molar-refractivity contribution >= 4 is 28.4 Å². The number of amides is 1. The van der Waals surface area contributed by atoms with E-state index in [4.69, 9.17) is 16.9 Å². The van der Waals surface area contributed by atoms with E-state index in [2.05, 4.69) is 16.4 Å². The van der Waals surface area contributed by atoms with Crippen LogP contribution in [0.15, 0.2) is 30.3 Å². The van der Waals surface area contributed by atoms with Crippen LogP contribution in [0.5, 0.6) is 0 Å². The molecule has 0 aliphatic heterocycles. The second kappa shape index (κ2) is 5.89. The summed E-state index contributed by atoms with van der Waals surface area (Å²) in [5.41, 5.74) is 1.09. The maximum Gasteiger partial charge on any atom is 0.253 e. The van der Waals surface area contributed by atoms with Crippen molar-refractivity contribution in [1.82, 2.24) is 10.3 Å². The molecule has 0 fully saturated rings. The first-order valence-corrected chi connectivity index (χ1v) is 6.66. The van der Waals surface area contributed by atoms with Crippen LogP contribution >= 0.6 is 11.6 Å². The van der Waals surface area contributed by atoms with E-state index in [1.165, 1.54) is 6.07 Å². The van der Waals surface area contributed by atoms with Crippen LogP contribution in [0.4, 0.5) is 0 Å². The van der Waals surface area contributed by atoms with Crippen LogP contribution in [-0.4, -0.2) is 16.9 Å². The normalized spacial score (nSPS) is 12.2. The molecule has 0 radical (unpaired) electrons. The van der Waals surface area contributed by atoms with Crippen LogP contribution in [-0.2, 0) is 0 Å². The molecule has 1 amide bonds. The number of carbonyl (C=O) groups excluding carboxylic acids is 1. The van der Waals surface area contributed by atoms with Crippen LogP contribution in [0.1, 0.15) is 24.2 Å². The number of benzene rings is 1. The number of pyridine rings is 1. The first-order valence-electron chi connectivity index (χ1n) is 6.28. The largest absolute Gasteiger partial charge is 0.336 e.